The van der Waals surface area contributed by atoms with Gasteiger partial charge in [-0.2, -0.15) is 0 Å². The first-order valence-corrected chi connectivity index (χ1v) is 15.4. The van der Waals surface area contributed by atoms with Crippen LogP contribution in [0.4, 0.5) is 8.78 Å². The van der Waals surface area contributed by atoms with Gasteiger partial charge in [-0.05, 0) is 62.7 Å². The molecule has 4 aliphatic carbocycles. The molecule has 3 saturated carbocycles. The number of aliphatic hydroxyl groups excluding tert-OH is 1. The van der Waals surface area contributed by atoms with Crippen LogP contribution < -0.4 is 5.32 Å². The number of aliphatic hydroxyl groups is 1. The van der Waals surface area contributed by atoms with Gasteiger partial charge in [-0.1, -0.05) is 19.4 Å². The first-order chi connectivity index (χ1) is 21.6. The summed E-state index contributed by atoms with van der Waals surface area (Å²) < 4.78 is 50.0. The van der Waals surface area contributed by atoms with Gasteiger partial charge in [0.25, 0.3) is 5.09 Å². The maximum atomic E-state index is 17.5. The van der Waals surface area contributed by atoms with Crippen LogP contribution in [0.3, 0.4) is 0 Å². The summed E-state index contributed by atoms with van der Waals surface area (Å²) in [6.07, 6.45) is 0.230. The van der Waals surface area contributed by atoms with Crippen molar-refractivity contribution in [3.05, 3.63) is 33.9 Å². The minimum Gasteiger partial charge on any atom is -0.456 e. The highest BCUT2D eigenvalue weighted by atomic mass is 19.1. The summed E-state index contributed by atoms with van der Waals surface area (Å²) in [6.45, 7) is 1.80. The number of nitrogens with one attached hydrogen (secondary N) is 1. The maximum Gasteiger partial charge on any atom is 0.325 e. The maximum absolute atomic E-state index is 17.5. The molecule has 46 heavy (non-hydrogen) atoms. The largest absolute Gasteiger partial charge is 0.456 e. The third-order valence-corrected chi connectivity index (χ3v) is 10.8. The molecular weight excluding hydrogens is 614 g/mol. The van der Waals surface area contributed by atoms with Crippen LogP contribution in [0, 0.1) is 32.8 Å². The van der Waals surface area contributed by atoms with E-state index in [0.29, 0.717) is 19.3 Å². The molecule has 0 spiro atoms. The SMILES string of the molecule is CO[C@@H]1C[C@H]2[C@@H]3C[C@H](F)C4=CC(=O)C=C[C@]4(C)[C@@]3(F)[C@@H](O)C[C@]2(C)[C@@]1(OC)C(=O)COC(=O)CNC(=O)CCCCCO[N+](=O)[O-]. The van der Waals surface area contributed by atoms with E-state index >= 15 is 8.78 Å². The van der Waals surface area contributed by atoms with Gasteiger partial charge < -0.3 is 29.5 Å². The Labute approximate surface area is 265 Å². The summed E-state index contributed by atoms with van der Waals surface area (Å²) in [5.41, 5.74) is -7.03. The van der Waals surface area contributed by atoms with Crippen LogP contribution >= 0.6 is 0 Å². The van der Waals surface area contributed by atoms with E-state index in [2.05, 4.69) is 10.2 Å². The Morgan fingerprint density at radius 1 is 1.15 bits per heavy atom. The lowest BCUT2D eigenvalue weighted by Gasteiger charge is -2.63. The summed E-state index contributed by atoms with van der Waals surface area (Å²) in [6, 6.07) is 0. The van der Waals surface area contributed by atoms with Crippen LogP contribution in [0.15, 0.2) is 23.8 Å². The molecule has 13 nitrogen and oxygen atoms in total. The standard InChI is InChI=1S/C31H42F2N2O11/c1-28-10-9-18(36)12-21(28)22(32)13-20-19-14-25(43-3)31(44-4,29(19,2)15-23(37)30(20,28)33)24(38)17-45-27(40)16-34-26(39)8-6-5-7-11-46-35(41)42/h9-10,12,19-20,22-23,25,37H,5-8,11,13-17H2,1-4H3,(H,34,39)/t19-,20-,22-,23-,25+,28-,29-,30-,31+/m0/s1. The molecule has 0 heterocycles. The molecule has 4 aliphatic rings. The van der Waals surface area contributed by atoms with Crippen molar-refractivity contribution in [2.75, 3.05) is 34.0 Å². The third-order valence-electron chi connectivity index (χ3n) is 10.8. The van der Waals surface area contributed by atoms with E-state index in [1.807, 2.05) is 0 Å². The van der Waals surface area contributed by atoms with Crippen LogP contribution in [0.25, 0.3) is 0 Å². The zero-order valence-electron chi connectivity index (χ0n) is 26.4. The number of Topliss-reactive ketones (excluding diaryl/α,β-unsaturated/α-hetero) is 1. The first-order valence-electron chi connectivity index (χ1n) is 15.4. The Morgan fingerprint density at radius 2 is 1.87 bits per heavy atom. The third kappa shape index (κ3) is 5.74. The number of fused-ring (bicyclic) bond motifs is 5. The molecule has 15 heteroatoms. The Hall–Kier alpha value is -3.30. The summed E-state index contributed by atoms with van der Waals surface area (Å²) in [7, 11) is 2.64. The number of halogens is 2. The van der Waals surface area contributed by atoms with Gasteiger partial charge in [0.05, 0.1) is 18.8 Å². The van der Waals surface area contributed by atoms with Crippen LogP contribution in [-0.2, 0) is 38.2 Å². The monoisotopic (exact) mass is 656 g/mol. The number of amides is 1. The second-order valence-electron chi connectivity index (χ2n) is 13.0. The summed E-state index contributed by atoms with van der Waals surface area (Å²) in [4.78, 5) is 64.9. The molecule has 256 valence electrons. The lowest BCUT2D eigenvalue weighted by atomic mass is 9.44. The number of methoxy groups -OCH3 is 2. The second-order valence-corrected chi connectivity index (χ2v) is 13.0. The van der Waals surface area contributed by atoms with Gasteiger partial charge in [0.2, 0.25) is 11.7 Å². The Balaban J connectivity index is 1.45. The van der Waals surface area contributed by atoms with Crippen molar-refractivity contribution in [1.82, 2.24) is 5.32 Å². The lowest BCUT2D eigenvalue weighted by Crippen LogP contribution is -2.71. The van der Waals surface area contributed by atoms with Crippen LogP contribution in [-0.4, -0.2) is 97.3 Å². The number of hydrogen-bond donors (Lipinski definition) is 2. The molecule has 9 atom stereocenters. The number of ether oxygens (including phenoxy) is 3. The molecular formula is C31H42F2N2O11. The minimum absolute atomic E-state index is 0.0157. The van der Waals surface area contributed by atoms with Crippen molar-refractivity contribution >= 4 is 23.4 Å². The summed E-state index contributed by atoms with van der Waals surface area (Å²) in [5.74, 6) is -4.26. The van der Waals surface area contributed by atoms with Crippen molar-refractivity contribution in [2.24, 2.45) is 22.7 Å². The predicted octanol–water partition coefficient (Wildman–Crippen LogP) is 2.31. The molecule has 0 saturated heterocycles. The molecule has 0 unspecified atom stereocenters. The number of ketones is 2. The van der Waals surface area contributed by atoms with Crippen molar-refractivity contribution in [2.45, 2.75) is 88.4 Å². The van der Waals surface area contributed by atoms with Gasteiger partial charge in [0.15, 0.2) is 23.7 Å². The average Bonchev–Trinajstić information content (AvgIpc) is 3.26. The highest BCUT2D eigenvalue weighted by Crippen LogP contribution is 2.70. The summed E-state index contributed by atoms with van der Waals surface area (Å²) >= 11 is 0. The molecule has 0 aromatic carbocycles. The number of nitrogens with zero attached hydrogens (tertiary/aromatic N) is 1. The smallest absolute Gasteiger partial charge is 0.325 e. The van der Waals surface area contributed by atoms with Gasteiger partial charge in [-0.25, -0.2) is 8.78 Å². The van der Waals surface area contributed by atoms with Crippen LogP contribution in [0.2, 0.25) is 0 Å². The van der Waals surface area contributed by atoms with E-state index in [-0.39, 0.29) is 37.9 Å². The van der Waals surface area contributed by atoms with Crippen molar-refractivity contribution in [3.63, 3.8) is 0 Å². The van der Waals surface area contributed by atoms with Crippen molar-refractivity contribution < 1.29 is 57.2 Å². The predicted molar refractivity (Wildman–Crippen MR) is 155 cm³/mol. The molecule has 2 N–H and O–H groups in total. The second kappa shape index (κ2) is 13.4. The highest BCUT2D eigenvalue weighted by Gasteiger charge is 2.78. The minimum atomic E-state index is -2.36. The van der Waals surface area contributed by atoms with E-state index in [0.717, 1.165) is 6.08 Å². The van der Waals surface area contributed by atoms with Crippen LogP contribution in [0.5, 0.6) is 0 Å². The number of esters is 1. The number of rotatable bonds is 14. The zero-order chi connectivity index (χ0) is 34.1. The molecule has 1 amide bonds. The van der Waals surface area contributed by atoms with Crippen molar-refractivity contribution in [3.8, 4) is 0 Å². The van der Waals surface area contributed by atoms with Gasteiger partial charge >= 0.3 is 5.97 Å². The Morgan fingerprint density at radius 3 is 2.52 bits per heavy atom. The zero-order valence-corrected chi connectivity index (χ0v) is 26.4. The molecule has 0 aromatic rings. The average molecular weight is 657 g/mol. The Kier molecular flexibility index (Phi) is 10.4. The first kappa shape index (κ1) is 35.6. The fourth-order valence-corrected chi connectivity index (χ4v) is 8.68. The van der Waals surface area contributed by atoms with Gasteiger partial charge in [0, 0.05) is 37.4 Å². The van der Waals surface area contributed by atoms with Gasteiger partial charge in [0.1, 0.15) is 12.7 Å². The van der Waals surface area contributed by atoms with Gasteiger partial charge in [-0.15, -0.1) is 10.1 Å². The molecule has 4 rings (SSSR count). The highest BCUT2D eigenvalue weighted by molar-refractivity contribution is 6.01. The van der Waals surface area contributed by atoms with E-state index in [4.69, 9.17) is 14.2 Å². The number of alkyl halides is 2. The summed E-state index contributed by atoms with van der Waals surface area (Å²) in [5, 5.41) is 23.2. The number of unbranched alkanes of at least 4 members (excludes halogenated alkanes) is 2. The number of hydrogen-bond acceptors (Lipinski definition) is 11. The number of carbonyl (C=O) groups is 4. The van der Waals surface area contributed by atoms with Crippen LogP contribution in [0.1, 0.15) is 58.8 Å². The fourth-order valence-electron chi connectivity index (χ4n) is 8.68. The normalized spacial score (nSPS) is 37.8. The van der Waals surface area contributed by atoms with E-state index in [1.165, 1.54) is 33.3 Å². The van der Waals surface area contributed by atoms with E-state index in [1.54, 1.807) is 6.92 Å². The van der Waals surface area contributed by atoms with E-state index in [9.17, 15) is 34.4 Å². The molecule has 0 radical (unpaired) electrons. The fraction of sp³-hybridized carbons (Fsp3) is 0.742. The topological polar surface area (TPSA) is 181 Å². The quantitative estimate of drug-likeness (QED) is 0.121. The Bertz CT molecular complexity index is 1310. The van der Waals surface area contributed by atoms with E-state index < -0.39 is 94.0 Å². The molecule has 3 fully saturated rings. The van der Waals surface area contributed by atoms with Gasteiger partial charge in [-0.3, -0.25) is 19.2 Å². The molecule has 0 bridgehead atoms. The lowest BCUT2D eigenvalue weighted by molar-refractivity contribution is -0.757. The van der Waals surface area contributed by atoms with Crippen molar-refractivity contribution in [1.29, 1.82) is 0 Å². The number of allylic oxidation sites excluding steroid dienone is 4. The molecule has 0 aromatic heterocycles. The number of carbonyl (C=O) groups excluding carboxylic acids is 4. The molecule has 0 aliphatic heterocycles.